The average Bonchev–Trinajstić information content (AvgIpc) is 2.83. The standard InChI is InChI=1S/C27H30O7/c1-27(2,20-6-13-25(28)24(18-20)26(29)30)19-4-7-21(8-5-19)33-16-17-34-23-11-9-22(10-12-23)32-15-14-31-3/h4-13,18,28H,14-17H2,1-3H3,(H,29,30). The van der Waals surface area contributed by atoms with Crippen LogP contribution in [0, 0.1) is 0 Å². The summed E-state index contributed by atoms with van der Waals surface area (Å²) in [6.45, 7) is 5.82. The van der Waals surface area contributed by atoms with Gasteiger partial charge in [-0.3, -0.25) is 0 Å². The van der Waals surface area contributed by atoms with E-state index in [2.05, 4.69) is 0 Å². The Morgan fingerprint density at radius 1 is 0.735 bits per heavy atom. The summed E-state index contributed by atoms with van der Waals surface area (Å²) in [7, 11) is 1.63. The lowest BCUT2D eigenvalue weighted by molar-refractivity contribution is 0.0693. The lowest BCUT2D eigenvalue weighted by Crippen LogP contribution is -2.19. The Bertz CT molecular complexity index is 1070. The highest BCUT2D eigenvalue weighted by Gasteiger charge is 2.25. The van der Waals surface area contributed by atoms with Crippen molar-refractivity contribution in [2.75, 3.05) is 33.5 Å². The summed E-state index contributed by atoms with van der Waals surface area (Å²) in [5.74, 6) is 0.795. The molecule has 7 nitrogen and oxygen atoms in total. The molecule has 0 heterocycles. The zero-order chi connectivity index (χ0) is 24.6. The van der Waals surface area contributed by atoms with E-state index < -0.39 is 11.4 Å². The lowest BCUT2D eigenvalue weighted by atomic mass is 9.77. The molecule has 3 aromatic rings. The molecule has 0 amide bonds. The first kappa shape index (κ1) is 24.9. The van der Waals surface area contributed by atoms with E-state index in [-0.39, 0.29) is 11.3 Å². The van der Waals surface area contributed by atoms with Crippen LogP contribution < -0.4 is 14.2 Å². The van der Waals surface area contributed by atoms with Crippen LogP contribution in [0.2, 0.25) is 0 Å². The van der Waals surface area contributed by atoms with Crippen molar-refractivity contribution in [2.45, 2.75) is 19.3 Å². The Hall–Kier alpha value is -3.71. The topological polar surface area (TPSA) is 94.5 Å². The third-order valence-corrected chi connectivity index (χ3v) is 5.53. The predicted molar refractivity (Wildman–Crippen MR) is 128 cm³/mol. The van der Waals surface area contributed by atoms with Gasteiger partial charge in [0.15, 0.2) is 0 Å². The van der Waals surface area contributed by atoms with E-state index in [1.165, 1.54) is 12.1 Å². The lowest BCUT2D eigenvalue weighted by Gasteiger charge is -2.27. The number of ether oxygens (including phenoxy) is 4. The molecule has 0 fully saturated rings. The van der Waals surface area contributed by atoms with Crippen LogP contribution in [0.1, 0.15) is 35.3 Å². The van der Waals surface area contributed by atoms with Crippen molar-refractivity contribution < 1.29 is 34.0 Å². The van der Waals surface area contributed by atoms with Crippen molar-refractivity contribution in [3.8, 4) is 23.0 Å². The van der Waals surface area contributed by atoms with Crippen LogP contribution in [0.4, 0.5) is 0 Å². The van der Waals surface area contributed by atoms with E-state index in [0.717, 1.165) is 22.6 Å². The van der Waals surface area contributed by atoms with Crippen LogP contribution in [0.5, 0.6) is 23.0 Å². The average molecular weight is 467 g/mol. The molecule has 0 saturated heterocycles. The summed E-state index contributed by atoms with van der Waals surface area (Å²) in [5.41, 5.74) is 1.21. The van der Waals surface area contributed by atoms with Gasteiger partial charge in [0, 0.05) is 12.5 Å². The molecule has 0 radical (unpaired) electrons. The van der Waals surface area contributed by atoms with Gasteiger partial charge in [-0.05, 0) is 59.7 Å². The molecule has 2 N–H and O–H groups in total. The maximum absolute atomic E-state index is 11.4. The highest BCUT2D eigenvalue weighted by Crippen LogP contribution is 2.34. The van der Waals surface area contributed by atoms with Gasteiger partial charge in [-0.2, -0.15) is 0 Å². The number of phenols is 1. The molecule has 0 aliphatic carbocycles. The Labute approximate surface area is 199 Å². The minimum Gasteiger partial charge on any atom is -0.507 e. The Morgan fingerprint density at radius 3 is 1.65 bits per heavy atom. The van der Waals surface area contributed by atoms with Crippen molar-refractivity contribution in [1.29, 1.82) is 0 Å². The van der Waals surface area contributed by atoms with Crippen molar-refractivity contribution in [1.82, 2.24) is 0 Å². The highest BCUT2D eigenvalue weighted by atomic mass is 16.5. The van der Waals surface area contributed by atoms with Crippen LogP contribution >= 0.6 is 0 Å². The summed E-state index contributed by atoms with van der Waals surface area (Å²) in [6, 6.07) is 19.7. The third kappa shape index (κ3) is 6.42. The summed E-state index contributed by atoms with van der Waals surface area (Å²) >= 11 is 0. The molecule has 3 aromatic carbocycles. The molecule has 34 heavy (non-hydrogen) atoms. The van der Waals surface area contributed by atoms with Gasteiger partial charge in [-0.15, -0.1) is 0 Å². The molecule has 0 bridgehead atoms. The molecule has 3 rings (SSSR count). The number of carbonyl (C=O) groups is 1. The molecule has 0 aromatic heterocycles. The molecule has 0 aliphatic heterocycles. The number of hydrogen-bond donors (Lipinski definition) is 2. The Morgan fingerprint density at radius 2 is 1.18 bits per heavy atom. The van der Waals surface area contributed by atoms with Gasteiger partial charge in [0.05, 0.1) is 6.61 Å². The molecule has 0 saturated carbocycles. The maximum atomic E-state index is 11.4. The minimum atomic E-state index is -1.16. The van der Waals surface area contributed by atoms with Crippen LogP contribution in [0.25, 0.3) is 0 Å². The first-order chi connectivity index (χ1) is 16.3. The second kappa shape index (κ2) is 11.4. The largest absolute Gasteiger partial charge is 0.507 e. The maximum Gasteiger partial charge on any atom is 0.339 e. The zero-order valence-corrected chi connectivity index (χ0v) is 19.6. The van der Waals surface area contributed by atoms with Gasteiger partial charge >= 0.3 is 5.97 Å². The fourth-order valence-electron chi connectivity index (χ4n) is 3.42. The number of methoxy groups -OCH3 is 1. The van der Waals surface area contributed by atoms with Gasteiger partial charge in [0.25, 0.3) is 0 Å². The summed E-state index contributed by atoms with van der Waals surface area (Å²) in [4.78, 5) is 11.4. The van der Waals surface area contributed by atoms with E-state index in [4.69, 9.17) is 18.9 Å². The molecule has 0 spiro atoms. The van der Waals surface area contributed by atoms with Crippen molar-refractivity contribution in [2.24, 2.45) is 0 Å². The molecule has 0 unspecified atom stereocenters. The smallest absolute Gasteiger partial charge is 0.339 e. The fraction of sp³-hybridized carbons (Fsp3) is 0.296. The van der Waals surface area contributed by atoms with E-state index in [1.54, 1.807) is 13.2 Å². The SMILES string of the molecule is COCCOc1ccc(OCCOc2ccc(C(C)(C)c3ccc(O)c(C(=O)O)c3)cc2)cc1. The first-order valence-electron chi connectivity index (χ1n) is 11.0. The summed E-state index contributed by atoms with van der Waals surface area (Å²) in [6.07, 6.45) is 0. The zero-order valence-electron chi connectivity index (χ0n) is 19.6. The normalized spacial score (nSPS) is 11.1. The van der Waals surface area contributed by atoms with E-state index >= 15 is 0 Å². The number of carboxylic acids is 1. The Kier molecular flexibility index (Phi) is 8.38. The van der Waals surface area contributed by atoms with Crippen LogP contribution in [0.15, 0.2) is 66.7 Å². The first-order valence-corrected chi connectivity index (χ1v) is 11.0. The van der Waals surface area contributed by atoms with Gasteiger partial charge < -0.3 is 29.2 Å². The number of aromatic hydroxyl groups is 1. The third-order valence-electron chi connectivity index (χ3n) is 5.53. The van der Waals surface area contributed by atoms with Gasteiger partial charge in [0.2, 0.25) is 0 Å². The Balaban J connectivity index is 1.52. The van der Waals surface area contributed by atoms with Crippen LogP contribution in [-0.4, -0.2) is 49.7 Å². The second-order valence-electron chi connectivity index (χ2n) is 8.20. The number of hydrogen-bond acceptors (Lipinski definition) is 6. The van der Waals surface area contributed by atoms with Crippen molar-refractivity contribution in [3.63, 3.8) is 0 Å². The van der Waals surface area contributed by atoms with Crippen LogP contribution in [0.3, 0.4) is 0 Å². The molecular weight excluding hydrogens is 436 g/mol. The molecule has 0 aliphatic rings. The second-order valence-corrected chi connectivity index (χ2v) is 8.20. The summed E-state index contributed by atoms with van der Waals surface area (Å²) in [5, 5.41) is 19.1. The van der Waals surface area contributed by atoms with Crippen LogP contribution in [-0.2, 0) is 10.2 Å². The quantitative estimate of drug-likeness (QED) is 0.367. The van der Waals surface area contributed by atoms with Crippen molar-refractivity contribution >= 4 is 5.97 Å². The minimum absolute atomic E-state index is 0.112. The predicted octanol–water partition coefficient (Wildman–Crippen LogP) is 4.90. The van der Waals surface area contributed by atoms with E-state index in [1.807, 2.05) is 62.4 Å². The van der Waals surface area contributed by atoms with E-state index in [9.17, 15) is 15.0 Å². The fourth-order valence-corrected chi connectivity index (χ4v) is 3.42. The molecular formula is C27H30O7. The molecule has 180 valence electrons. The van der Waals surface area contributed by atoms with Gasteiger partial charge in [0.1, 0.15) is 48.4 Å². The number of aromatic carboxylic acids is 1. The monoisotopic (exact) mass is 466 g/mol. The van der Waals surface area contributed by atoms with Gasteiger partial charge in [-0.1, -0.05) is 32.0 Å². The summed E-state index contributed by atoms with van der Waals surface area (Å²) < 4.78 is 22.0. The van der Waals surface area contributed by atoms with Crippen molar-refractivity contribution in [3.05, 3.63) is 83.4 Å². The number of carboxylic acid groups (broad SMARTS) is 1. The number of rotatable bonds is 12. The number of benzene rings is 3. The molecule has 0 atom stereocenters. The highest BCUT2D eigenvalue weighted by molar-refractivity contribution is 5.91. The molecule has 7 heteroatoms. The van der Waals surface area contributed by atoms with Gasteiger partial charge in [-0.25, -0.2) is 4.79 Å². The van der Waals surface area contributed by atoms with E-state index in [0.29, 0.717) is 32.2 Å².